The Kier molecular flexibility index (Phi) is 5.22. The molecule has 0 aliphatic carbocycles. The lowest BCUT2D eigenvalue weighted by molar-refractivity contribution is 0.251. The highest BCUT2D eigenvalue weighted by molar-refractivity contribution is 5.89. The third kappa shape index (κ3) is 4.42. The van der Waals surface area contributed by atoms with E-state index in [1.165, 1.54) is 0 Å². The molecule has 0 bridgehead atoms. The monoisotopic (exact) mass is 326 g/mol. The Morgan fingerprint density at radius 3 is 2.62 bits per heavy atom. The molecule has 7 nitrogen and oxygen atoms in total. The summed E-state index contributed by atoms with van der Waals surface area (Å²) in [6.45, 7) is 4.49. The summed E-state index contributed by atoms with van der Waals surface area (Å²) >= 11 is 0. The average molecular weight is 326 g/mol. The number of carbonyl (C=O) groups excluding carboxylic acids is 1. The number of hydrogen-bond donors (Lipinski definition) is 2. The standard InChI is InChI=1S/C17H22N6O/c1-22-8-10-23(11-9-22)16-12-14(2-7-19-16)13-20-17(24)21-15-3-5-18-6-4-15/h2-7,12H,8-11,13H2,1H3,(H2,18,20,21,24). The number of urea groups is 1. The molecule has 0 saturated carbocycles. The van der Waals surface area contributed by atoms with Gasteiger partial charge >= 0.3 is 6.03 Å². The molecule has 1 aliphatic heterocycles. The van der Waals surface area contributed by atoms with Gasteiger partial charge in [0.25, 0.3) is 0 Å². The van der Waals surface area contributed by atoms with Gasteiger partial charge in [0.05, 0.1) is 0 Å². The van der Waals surface area contributed by atoms with Gasteiger partial charge in [-0.15, -0.1) is 0 Å². The number of nitrogens with one attached hydrogen (secondary N) is 2. The van der Waals surface area contributed by atoms with Gasteiger partial charge in [0.15, 0.2) is 0 Å². The Hall–Kier alpha value is -2.67. The van der Waals surface area contributed by atoms with Gasteiger partial charge in [-0.25, -0.2) is 9.78 Å². The molecule has 2 aromatic heterocycles. The van der Waals surface area contributed by atoms with Gasteiger partial charge in [-0.05, 0) is 36.9 Å². The van der Waals surface area contributed by atoms with Crippen LogP contribution in [0.4, 0.5) is 16.3 Å². The number of pyridine rings is 2. The van der Waals surface area contributed by atoms with Crippen LogP contribution < -0.4 is 15.5 Å². The number of rotatable bonds is 4. The summed E-state index contributed by atoms with van der Waals surface area (Å²) in [7, 11) is 2.13. The predicted molar refractivity (Wildman–Crippen MR) is 94.0 cm³/mol. The molecular formula is C17H22N6O. The van der Waals surface area contributed by atoms with E-state index in [2.05, 4.69) is 37.4 Å². The van der Waals surface area contributed by atoms with Gasteiger partial charge < -0.3 is 20.4 Å². The van der Waals surface area contributed by atoms with Crippen LogP contribution in [0.2, 0.25) is 0 Å². The topological polar surface area (TPSA) is 73.4 Å². The molecule has 2 amide bonds. The molecule has 3 rings (SSSR count). The quantitative estimate of drug-likeness (QED) is 0.892. The van der Waals surface area contributed by atoms with Gasteiger partial charge in [-0.1, -0.05) is 0 Å². The Morgan fingerprint density at radius 2 is 1.88 bits per heavy atom. The van der Waals surface area contributed by atoms with E-state index in [4.69, 9.17) is 0 Å². The van der Waals surface area contributed by atoms with Crippen molar-refractivity contribution in [3.05, 3.63) is 48.4 Å². The maximum absolute atomic E-state index is 11.9. The summed E-state index contributed by atoms with van der Waals surface area (Å²) < 4.78 is 0. The number of hydrogen-bond acceptors (Lipinski definition) is 5. The first kappa shape index (κ1) is 16.2. The minimum atomic E-state index is -0.237. The van der Waals surface area contributed by atoms with Crippen molar-refractivity contribution in [3.8, 4) is 0 Å². The third-order valence-electron chi connectivity index (χ3n) is 4.03. The maximum Gasteiger partial charge on any atom is 0.319 e. The summed E-state index contributed by atoms with van der Waals surface area (Å²) in [5.41, 5.74) is 1.75. The number of anilines is 2. The molecule has 24 heavy (non-hydrogen) atoms. The Morgan fingerprint density at radius 1 is 1.12 bits per heavy atom. The molecule has 126 valence electrons. The molecule has 0 spiro atoms. The molecule has 2 N–H and O–H groups in total. The zero-order valence-electron chi connectivity index (χ0n) is 13.8. The summed E-state index contributed by atoms with van der Waals surface area (Å²) in [6.07, 6.45) is 5.08. The summed E-state index contributed by atoms with van der Waals surface area (Å²) in [4.78, 5) is 24.9. The lowest BCUT2D eigenvalue weighted by Gasteiger charge is -2.33. The highest BCUT2D eigenvalue weighted by atomic mass is 16.2. The van der Waals surface area contributed by atoms with E-state index in [0.717, 1.165) is 43.2 Å². The second-order valence-corrected chi connectivity index (χ2v) is 5.86. The molecule has 7 heteroatoms. The summed E-state index contributed by atoms with van der Waals surface area (Å²) in [6, 6.07) is 7.22. The van der Waals surface area contributed by atoms with Crippen molar-refractivity contribution in [2.45, 2.75) is 6.54 Å². The minimum absolute atomic E-state index is 0.237. The molecule has 1 fully saturated rings. The van der Waals surface area contributed by atoms with E-state index in [-0.39, 0.29) is 6.03 Å². The largest absolute Gasteiger partial charge is 0.354 e. The van der Waals surface area contributed by atoms with Crippen LogP contribution in [0.5, 0.6) is 0 Å². The summed E-state index contributed by atoms with van der Waals surface area (Å²) in [5, 5.41) is 5.63. The van der Waals surface area contributed by atoms with Gasteiger partial charge in [-0.3, -0.25) is 4.98 Å². The van der Waals surface area contributed by atoms with E-state index >= 15 is 0 Å². The molecule has 1 aliphatic rings. The van der Waals surface area contributed by atoms with Crippen LogP contribution in [0.25, 0.3) is 0 Å². The third-order valence-corrected chi connectivity index (χ3v) is 4.03. The number of nitrogens with zero attached hydrogens (tertiary/aromatic N) is 4. The first-order valence-electron chi connectivity index (χ1n) is 8.04. The summed E-state index contributed by atoms with van der Waals surface area (Å²) in [5.74, 6) is 0.969. The maximum atomic E-state index is 11.9. The number of amides is 2. The Labute approximate surface area is 141 Å². The molecule has 0 radical (unpaired) electrons. The van der Waals surface area contributed by atoms with E-state index in [1.54, 1.807) is 30.7 Å². The van der Waals surface area contributed by atoms with Crippen LogP contribution >= 0.6 is 0 Å². The van der Waals surface area contributed by atoms with Crippen molar-refractivity contribution < 1.29 is 4.79 Å². The Balaban J connectivity index is 1.54. The highest BCUT2D eigenvalue weighted by Crippen LogP contribution is 2.14. The van der Waals surface area contributed by atoms with Crippen LogP contribution in [-0.4, -0.2) is 54.1 Å². The van der Waals surface area contributed by atoms with E-state index in [0.29, 0.717) is 6.54 Å². The average Bonchev–Trinajstić information content (AvgIpc) is 2.62. The number of likely N-dealkylation sites (N-methyl/N-ethyl adjacent to an activating group) is 1. The van der Waals surface area contributed by atoms with Crippen molar-refractivity contribution in [2.24, 2.45) is 0 Å². The smallest absolute Gasteiger partial charge is 0.319 e. The van der Waals surface area contributed by atoms with Crippen LogP contribution in [0.15, 0.2) is 42.9 Å². The lowest BCUT2D eigenvalue weighted by atomic mass is 10.2. The van der Waals surface area contributed by atoms with Crippen molar-refractivity contribution in [1.82, 2.24) is 20.2 Å². The van der Waals surface area contributed by atoms with Crippen molar-refractivity contribution in [1.29, 1.82) is 0 Å². The fraction of sp³-hybridized carbons (Fsp3) is 0.353. The normalized spacial score (nSPS) is 15.1. The molecule has 0 unspecified atom stereocenters. The van der Waals surface area contributed by atoms with Gasteiger partial charge in [0.1, 0.15) is 5.82 Å². The first-order chi connectivity index (χ1) is 11.7. The molecule has 2 aromatic rings. The van der Waals surface area contributed by atoms with Crippen molar-refractivity contribution in [3.63, 3.8) is 0 Å². The lowest BCUT2D eigenvalue weighted by Crippen LogP contribution is -2.44. The van der Waals surface area contributed by atoms with E-state index < -0.39 is 0 Å². The SMILES string of the molecule is CN1CCN(c2cc(CNC(=O)Nc3ccncc3)ccn2)CC1. The van der Waals surface area contributed by atoms with Gasteiger partial charge in [-0.2, -0.15) is 0 Å². The molecule has 0 atom stereocenters. The minimum Gasteiger partial charge on any atom is -0.354 e. The fourth-order valence-corrected chi connectivity index (χ4v) is 2.57. The zero-order chi connectivity index (χ0) is 16.8. The van der Waals surface area contributed by atoms with Crippen LogP contribution in [-0.2, 0) is 6.54 Å². The highest BCUT2D eigenvalue weighted by Gasteiger charge is 2.15. The van der Waals surface area contributed by atoms with Gasteiger partial charge in [0.2, 0.25) is 0 Å². The number of piperazine rings is 1. The van der Waals surface area contributed by atoms with Crippen LogP contribution in [0.1, 0.15) is 5.56 Å². The molecular weight excluding hydrogens is 304 g/mol. The molecule has 1 saturated heterocycles. The second-order valence-electron chi connectivity index (χ2n) is 5.86. The van der Waals surface area contributed by atoms with E-state index in [9.17, 15) is 4.79 Å². The zero-order valence-corrected chi connectivity index (χ0v) is 13.8. The second kappa shape index (κ2) is 7.74. The first-order valence-corrected chi connectivity index (χ1v) is 8.04. The Bertz CT molecular complexity index is 670. The molecule has 3 heterocycles. The molecule has 0 aromatic carbocycles. The number of carbonyl (C=O) groups is 1. The predicted octanol–water partition coefficient (Wildman–Crippen LogP) is 1.55. The fourth-order valence-electron chi connectivity index (χ4n) is 2.57. The van der Waals surface area contributed by atoms with E-state index in [1.807, 2.05) is 12.1 Å². The van der Waals surface area contributed by atoms with Crippen LogP contribution in [0.3, 0.4) is 0 Å². The number of aromatic nitrogens is 2. The van der Waals surface area contributed by atoms with Crippen LogP contribution in [0, 0.1) is 0 Å². The van der Waals surface area contributed by atoms with Gasteiger partial charge in [0, 0.05) is 57.0 Å². The van der Waals surface area contributed by atoms with Crippen molar-refractivity contribution in [2.75, 3.05) is 43.4 Å². The van der Waals surface area contributed by atoms with Crippen molar-refractivity contribution >= 4 is 17.5 Å².